The maximum Gasteiger partial charge on any atom is 0.417 e. The molecule has 2 aliphatic rings. The molecule has 1 aromatic rings. The van der Waals surface area contributed by atoms with Crippen LogP contribution in [0, 0.1) is 5.92 Å². The van der Waals surface area contributed by atoms with Crippen molar-refractivity contribution in [1.29, 1.82) is 0 Å². The molecule has 0 spiro atoms. The summed E-state index contributed by atoms with van der Waals surface area (Å²) in [7, 11) is 0. The highest BCUT2D eigenvalue weighted by atomic mass is 19.4. The van der Waals surface area contributed by atoms with Crippen LogP contribution in [0.4, 0.5) is 13.2 Å². The van der Waals surface area contributed by atoms with Crippen molar-refractivity contribution in [1.82, 2.24) is 10.3 Å². The van der Waals surface area contributed by atoms with E-state index in [0.29, 0.717) is 24.2 Å². The molecule has 134 valence electrons. The fourth-order valence-corrected chi connectivity index (χ4v) is 3.06. The van der Waals surface area contributed by atoms with Crippen LogP contribution in [-0.4, -0.2) is 23.6 Å². The molecular formula is C19H21F3N2O. The highest BCUT2D eigenvalue weighted by Gasteiger charge is 2.36. The van der Waals surface area contributed by atoms with Crippen molar-refractivity contribution in [3.8, 4) is 0 Å². The molecule has 0 saturated heterocycles. The van der Waals surface area contributed by atoms with E-state index in [2.05, 4.69) is 16.9 Å². The lowest BCUT2D eigenvalue weighted by molar-refractivity contribution is -0.122. The van der Waals surface area contributed by atoms with Gasteiger partial charge in [-0.25, -0.2) is 4.98 Å². The maximum absolute atomic E-state index is 13.1. The molecule has 1 heterocycles. The molecule has 1 saturated carbocycles. The number of hydrogen-bond acceptors (Lipinski definition) is 2. The van der Waals surface area contributed by atoms with E-state index < -0.39 is 11.7 Å². The molecule has 1 amide bonds. The van der Waals surface area contributed by atoms with Gasteiger partial charge in [-0.2, -0.15) is 13.2 Å². The predicted octanol–water partition coefficient (Wildman–Crippen LogP) is 4.08. The van der Waals surface area contributed by atoms with Gasteiger partial charge in [0.05, 0.1) is 17.0 Å². The van der Waals surface area contributed by atoms with Crippen molar-refractivity contribution in [2.75, 3.05) is 6.54 Å². The smallest absolute Gasteiger partial charge is 0.352 e. The first kappa shape index (κ1) is 17.7. The number of carbonyl (C=O) groups is 1. The van der Waals surface area contributed by atoms with Crippen molar-refractivity contribution >= 4 is 17.6 Å². The lowest BCUT2D eigenvalue weighted by Gasteiger charge is -2.21. The summed E-state index contributed by atoms with van der Waals surface area (Å²) in [6.45, 7) is 3.57. The molecule has 0 aliphatic heterocycles. The highest BCUT2D eigenvalue weighted by Crippen LogP contribution is 2.36. The molecule has 1 aromatic heterocycles. The summed E-state index contributed by atoms with van der Waals surface area (Å²) >= 11 is 0. The molecule has 2 aliphatic carbocycles. The van der Waals surface area contributed by atoms with Gasteiger partial charge in [0.25, 0.3) is 0 Å². The monoisotopic (exact) mass is 350 g/mol. The summed E-state index contributed by atoms with van der Waals surface area (Å²) < 4.78 is 39.3. The molecule has 25 heavy (non-hydrogen) atoms. The van der Waals surface area contributed by atoms with Gasteiger partial charge in [-0.1, -0.05) is 12.7 Å². The third-order valence-corrected chi connectivity index (χ3v) is 4.62. The Morgan fingerprint density at radius 3 is 2.72 bits per heavy atom. The van der Waals surface area contributed by atoms with Crippen LogP contribution >= 0.6 is 0 Å². The van der Waals surface area contributed by atoms with Crippen LogP contribution in [0.25, 0.3) is 11.6 Å². The minimum Gasteiger partial charge on any atom is -0.352 e. The molecule has 0 bridgehead atoms. The van der Waals surface area contributed by atoms with E-state index in [1.807, 2.05) is 6.07 Å². The van der Waals surface area contributed by atoms with Gasteiger partial charge in [0, 0.05) is 12.5 Å². The van der Waals surface area contributed by atoms with Crippen molar-refractivity contribution in [2.45, 2.75) is 44.7 Å². The summed E-state index contributed by atoms with van der Waals surface area (Å²) in [6, 6.07) is 1.85. The molecule has 0 atom stereocenters. The number of alkyl halides is 3. The quantitative estimate of drug-likeness (QED) is 0.870. The number of halogens is 3. The number of rotatable bonds is 5. The first-order valence-electron chi connectivity index (χ1n) is 8.60. The maximum atomic E-state index is 13.1. The van der Waals surface area contributed by atoms with Crippen LogP contribution in [-0.2, 0) is 17.6 Å². The van der Waals surface area contributed by atoms with Gasteiger partial charge in [-0.3, -0.25) is 4.79 Å². The zero-order valence-electron chi connectivity index (χ0n) is 14.0. The second-order valence-corrected chi connectivity index (χ2v) is 6.64. The van der Waals surface area contributed by atoms with E-state index in [0.717, 1.165) is 37.7 Å². The second kappa shape index (κ2) is 7.02. The van der Waals surface area contributed by atoms with Crippen LogP contribution in [0.15, 0.2) is 18.7 Å². The van der Waals surface area contributed by atoms with Crippen LogP contribution in [0.3, 0.4) is 0 Å². The summed E-state index contributed by atoms with van der Waals surface area (Å²) in [5.74, 6) is 0.172. The zero-order valence-corrected chi connectivity index (χ0v) is 14.0. The second-order valence-electron chi connectivity index (χ2n) is 6.64. The number of hydrogen-bond donors (Lipinski definition) is 1. The summed E-state index contributed by atoms with van der Waals surface area (Å²) in [6.07, 6.45) is 3.97. The first-order chi connectivity index (χ1) is 11.9. The van der Waals surface area contributed by atoms with Crippen molar-refractivity contribution in [3.63, 3.8) is 0 Å². The SMILES string of the molecule is C=C(c1nc(/C=C/CNC(=O)C2CC2)cc2c1CCCC2)C(F)(F)F. The van der Waals surface area contributed by atoms with Crippen molar-refractivity contribution in [3.05, 3.63) is 41.2 Å². The number of aromatic nitrogens is 1. The number of allylic oxidation sites excluding steroid dienone is 1. The van der Waals surface area contributed by atoms with Gasteiger partial charge >= 0.3 is 6.18 Å². The van der Waals surface area contributed by atoms with E-state index in [1.165, 1.54) is 0 Å². The van der Waals surface area contributed by atoms with Gasteiger partial charge in [0.2, 0.25) is 5.91 Å². The minimum absolute atomic E-state index is 0.0358. The Labute approximate surface area is 145 Å². The van der Waals surface area contributed by atoms with Gasteiger partial charge < -0.3 is 5.32 Å². The molecule has 0 radical (unpaired) electrons. The fraction of sp³-hybridized carbons (Fsp3) is 0.474. The normalized spacial score (nSPS) is 17.4. The molecule has 3 rings (SSSR count). The van der Waals surface area contributed by atoms with Gasteiger partial charge in [0.1, 0.15) is 0 Å². The van der Waals surface area contributed by atoms with Crippen molar-refractivity contribution < 1.29 is 18.0 Å². The lowest BCUT2D eigenvalue weighted by atomic mass is 9.88. The molecule has 1 N–H and O–H groups in total. The average molecular weight is 350 g/mol. The van der Waals surface area contributed by atoms with Crippen LogP contribution in [0.1, 0.15) is 48.2 Å². The van der Waals surface area contributed by atoms with Crippen LogP contribution < -0.4 is 5.32 Å². The standard InChI is InChI=1S/C19H21F3N2O/c1-12(19(20,21)22)17-16-7-3-2-5-14(16)11-15(24-17)6-4-10-23-18(25)13-8-9-13/h4,6,11,13H,1-3,5,7-10H2,(H,23,25)/b6-4+. The minimum atomic E-state index is -4.49. The Hall–Kier alpha value is -2.11. The Bertz CT molecular complexity index is 718. The number of nitrogens with zero attached hydrogens (tertiary/aromatic N) is 1. The number of fused-ring (bicyclic) bond motifs is 1. The van der Waals surface area contributed by atoms with Crippen molar-refractivity contribution in [2.24, 2.45) is 5.92 Å². The third-order valence-electron chi connectivity index (χ3n) is 4.62. The molecule has 0 aromatic carbocycles. The molecule has 0 unspecified atom stereocenters. The van der Waals surface area contributed by atoms with E-state index in [4.69, 9.17) is 0 Å². The molecule has 3 nitrogen and oxygen atoms in total. The Morgan fingerprint density at radius 1 is 1.32 bits per heavy atom. The fourth-order valence-electron chi connectivity index (χ4n) is 3.06. The number of carbonyl (C=O) groups excluding carboxylic acids is 1. The summed E-state index contributed by atoms with van der Waals surface area (Å²) in [5, 5.41) is 2.79. The van der Waals surface area contributed by atoms with Crippen LogP contribution in [0.2, 0.25) is 0 Å². The number of amides is 1. The predicted molar refractivity (Wildman–Crippen MR) is 90.7 cm³/mol. The lowest BCUT2D eigenvalue weighted by Crippen LogP contribution is -2.24. The summed E-state index contributed by atoms with van der Waals surface area (Å²) in [4.78, 5) is 15.8. The molecular weight excluding hydrogens is 329 g/mol. The Kier molecular flexibility index (Phi) is 4.97. The topological polar surface area (TPSA) is 42.0 Å². The number of pyridine rings is 1. The van der Waals surface area contributed by atoms with E-state index in [9.17, 15) is 18.0 Å². The third kappa shape index (κ3) is 4.30. The largest absolute Gasteiger partial charge is 0.417 e. The van der Waals surface area contributed by atoms with E-state index in [1.54, 1.807) is 12.2 Å². The number of aryl methyl sites for hydroxylation is 1. The van der Waals surface area contributed by atoms with Gasteiger partial charge in [-0.15, -0.1) is 0 Å². The average Bonchev–Trinajstić information content (AvgIpc) is 3.41. The van der Waals surface area contributed by atoms with Crippen LogP contribution in [0.5, 0.6) is 0 Å². The summed E-state index contributed by atoms with van der Waals surface area (Å²) in [5.41, 5.74) is 1.15. The number of nitrogens with one attached hydrogen (secondary N) is 1. The Morgan fingerprint density at radius 2 is 2.04 bits per heavy atom. The zero-order chi connectivity index (χ0) is 18.0. The van der Waals surface area contributed by atoms with E-state index >= 15 is 0 Å². The van der Waals surface area contributed by atoms with E-state index in [-0.39, 0.29) is 17.5 Å². The molecule has 6 heteroatoms. The molecule has 1 fully saturated rings. The first-order valence-corrected chi connectivity index (χ1v) is 8.60. The van der Waals surface area contributed by atoms with Gasteiger partial charge in [-0.05, 0) is 61.8 Å². The Balaban J connectivity index is 1.79. The highest BCUT2D eigenvalue weighted by molar-refractivity contribution is 5.81. The van der Waals surface area contributed by atoms with Gasteiger partial charge in [0.15, 0.2) is 0 Å².